The van der Waals surface area contributed by atoms with E-state index >= 15 is 0 Å². The zero-order chi connectivity index (χ0) is 15.4. The summed E-state index contributed by atoms with van der Waals surface area (Å²) in [6.45, 7) is 0. The van der Waals surface area contributed by atoms with Crippen LogP contribution >= 0.6 is 0 Å². The molecule has 2 aromatic rings. The number of nitrogens with zero attached hydrogens (tertiary/aromatic N) is 2. The van der Waals surface area contributed by atoms with E-state index in [1.807, 2.05) is 36.5 Å². The van der Waals surface area contributed by atoms with Gasteiger partial charge in [-0.2, -0.15) is 5.10 Å². The second kappa shape index (κ2) is 6.32. The zero-order valence-electron chi connectivity index (χ0n) is 12.5. The number of carbonyl (C=O) groups excluding carboxylic acids is 1. The molecule has 0 bridgehead atoms. The number of benzene rings is 1. The van der Waals surface area contributed by atoms with Crippen molar-refractivity contribution in [2.75, 3.05) is 5.32 Å². The Morgan fingerprint density at radius 1 is 1.23 bits per heavy atom. The molecule has 0 atom stereocenters. The summed E-state index contributed by atoms with van der Waals surface area (Å²) >= 11 is 0. The molecule has 0 saturated heterocycles. The van der Waals surface area contributed by atoms with Crippen molar-refractivity contribution < 1.29 is 9.90 Å². The van der Waals surface area contributed by atoms with Crippen molar-refractivity contribution >= 4 is 11.6 Å². The maximum Gasteiger partial charge on any atom is 0.227 e. The van der Waals surface area contributed by atoms with E-state index < -0.39 is 5.60 Å². The van der Waals surface area contributed by atoms with Gasteiger partial charge in [-0.15, -0.1) is 0 Å². The van der Waals surface area contributed by atoms with Crippen LogP contribution < -0.4 is 5.32 Å². The number of rotatable bonds is 4. The summed E-state index contributed by atoms with van der Waals surface area (Å²) in [4.78, 5) is 12.3. The molecule has 5 nitrogen and oxygen atoms in total. The topological polar surface area (TPSA) is 67.2 Å². The molecule has 1 aromatic carbocycles. The number of aromatic nitrogens is 2. The highest BCUT2D eigenvalue weighted by Gasteiger charge is 2.31. The first-order valence-electron chi connectivity index (χ1n) is 7.78. The Bertz CT molecular complexity index is 631. The third-order valence-corrected chi connectivity index (χ3v) is 4.20. The molecule has 1 amide bonds. The van der Waals surface area contributed by atoms with Gasteiger partial charge in [0.2, 0.25) is 5.91 Å². The Morgan fingerprint density at radius 3 is 2.73 bits per heavy atom. The lowest BCUT2D eigenvalue weighted by Gasteiger charge is -2.31. The average Bonchev–Trinajstić information content (AvgIpc) is 3.02. The van der Waals surface area contributed by atoms with Gasteiger partial charge in [0.05, 0.1) is 23.4 Å². The molecule has 0 aliphatic heterocycles. The van der Waals surface area contributed by atoms with Crippen molar-refractivity contribution in [3.8, 4) is 5.69 Å². The van der Waals surface area contributed by atoms with Crippen molar-refractivity contribution in [2.24, 2.45) is 0 Å². The van der Waals surface area contributed by atoms with Gasteiger partial charge < -0.3 is 10.4 Å². The number of hydrogen-bond donors (Lipinski definition) is 2. The molecule has 2 N–H and O–H groups in total. The largest absolute Gasteiger partial charge is 0.389 e. The first kappa shape index (κ1) is 14.8. The third-order valence-electron chi connectivity index (χ3n) is 4.20. The first-order chi connectivity index (χ1) is 10.7. The summed E-state index contributed by atoms with van der Waals surface area (Å²) in [5.74, 6) is -0.149. The fraction of sp³-hybridized carbons (Fsp3) is 0.412. The number of anilines is 1. The van der Waals surface area contributed by atoms with Crippen molar-refractivity contribution in [1.29, 1.82) is 0 Å². The van der Waals surface area contributed by atoms with E-state index in [-0.39, 0.29) is 12.3 Å². The summed E-state index contributed by atoms with van der Waals surface area (Å²) in [6, 6.07) is 9.36. The van der Waals surface area contributed by atoms with Crippen molar-refractivity contribution in [2.45, 2.75) is 44.1 Å². The van der Waals surface area contributed by atoms with Gasteiger partial charge in [0.1, 0.15) is 0 Å². The smallest absolute Gasteiger partial charge is 0.227 e. The minimum atomic E-state index is -0.844. The van der Waals surface area contributed by atoms with E-state index in [1.54, 1.807) is 10.9 Å². The van der Waals surface area contributed by atoms with Crippen molar-refractivity contribution in [3.05, 3.63) is 42.7 Å². The highest BCUT2D eigenvalue weighted by Crippen LogP contribution is 2.31. The van der Waals surface area contributed by atoms with Gasteiger partial charge in [0, 0.05) is 12.4 Å². The summed E-state index contributed by atoms with van der Waals surface area (Å²) in [7, 11) is 0. The number of aliphatic hydroxyl groups is 1. The van der Waals surface area contributed by atoms with Crippen LogP contribution in [0.4, 0.5) is 5.69 Å². The molecular weight excluding hydrogens is 278 g/mol. The van der Waals surface area contributed by atoms with Gasteiger partial charge in [-0.05, 0) is 31.0 Å². The summed E-state index contributed by atoms with van der Waals surface area (Å²) in [5.41, 5.74) is 0.676. The maximum absolute atomic E-state index is 12.3. The lowest BCUT2D eigenvalue weighted by atomic mass is 9.82. The highest BCUT2D eigenvalue weighted by molar-refractivity contribution is 5.93. The Hall–Kier alpha value is -2.14. The van der Waals surface area contributed by atoms with Crippen LogP contribution in [0.5, 0.6) is 0 Å². The Labute approximate surface area is 130 Å². The van der Waals surface area contributed by atoms with Crippen LogP contribution in [0.3, 0.4) is 0 Å². The average molecular weight is 299 g/mol. The highest BCUT2D eigenvalue weighted by atomic mass is 16.3. The van der Waals surface area contributed by atoms with E-state index in [0.717, 1.165) is 24.9 Å². The quantitative estimate of drug-likeness (QED) is 0.912. The van der Waals surface area contributed by atoms with Crippen LogP contribution in [0.15, 0.2) is 42.7 Å². The predicted molar refractivity (Wildman–Crippen MR) is 84.8 cm³/mol. The number of para-hydroxylation sites is 2. The Morgan fingerprint density at radius 2 is 2.00 bits per heavy atom. The van der Waals surface area contributed by atoms with Crippen molar-refractivity contribution in [1.82, 2.24) is 9.78 Å². The SMILES string of the molecule is O=C(CC1(O)CCCCC1)Nc1ccccc1-n1cccn1. The molecule has 116 valence electrons. The first-order valence-corrected chi connectivity index (χ1v) is 7.78. The van der Waals surface area contributed by atoms with Gasteiger partial charge in [0.25, 0.3) is 0 Å². The molecule has 1 fully saturated rings. The summed E-state index contributed by atoms with van der Waals surface area (Å²) in [5, 5.41) is 17.6. The number of nitrogens with one attached hydrogen (secondary N) is 1. The minimum Gasteiger partial charge on any atom is -0.389 e. The van der Waals surface area contributed by atoms with E-state index in [0.29, 0.717) is 18.5 Å². The maximum atomic E-state index is 12.3. The Kier molecular flexibility index (Phi) is 4.24. The van der Waals surface area contributed by atoms with Gasteiger partial charge in [0.15, 0.2) is 0 Å². The fourth-order valence-electron chi connectivity index (χ4n) is 3.07. The predicted octanol–water partition coefficient (Wildman–Crippen LogP) is 2.90. The van der Waals surface area contributed by atoms with E-state index in [2.05, 4.69) is 10.4 Å². The third kappa shape index (κ3) is 3.36. The molecule has 1 aromatic heterocycles. The number of amides is 1. The standard InChI is InChI=1S/C17H21N3O2/c21-16(13-17(22)9-4-1-5-10-17)19-14-7-2-3-8-15(14)20-12-6-11-18-20/h2-3,6-8,11-12,22H,1,4-5,9-10,13H2,(H,19,21). The van der Waals surface area contributed by atoms with Gasteiger partial charge in [-0.25, -0.2) is 4.68 Å². The van der Waals surface area contributed by atoms with Gasteiger partial charge in [-0.1, -0.05) is 31.4 Å². The van der Waals surface area contributed by atoms with E-state index in [4.69, 9.17) is 0 Å². The molecule has 0 radical (unpaired) electrons. The summed E-state index contributed by atoms with van der Waals surface area (Å²) < 4.78 is 1.71. The van der Waals surface area contributed by atoms with E-state index in [1.165, 1.54) is 0 Å². The minimum absolute atomic E-state index is 0.149. The molecule has 5 heteroatoms. The molecule has 3 rings (SSSR count). The number of carbonyl (C=O) groups is 1. The van der Waals surface area contributed by atoms with E-state index in [9.17, 15) is 9.90 Å². The van der Waals surface area contributed by atoms with Gasteiger partial charge in [-0.3, -0.25) is 4.79 Å². The van der Waals surface area contributed by atoms with Crippen LogP contribution in [0.1, 0.15) is 38.5 Å². The van der Waals surface area contributed by atoms with Crippen molar-refractivity contribution in [3.63, 3.8) is 0 Å². The molecule has 1 aliphatic carbocycles. The second-order valence-electron chi connectivity index (χ2n) is 5.98. The zero-order valence-corrected chi connectivity index (χ0v) is 12.5. The number of hydrogen-bond acceptors (Lipinski definition) is 3. The molecule has 1 heterocycles. The summed E-state index contributed by atoms with van der Waals surface area (Å²) in [6.07, 6.45) is 8.24. The monoisotopic (exact) mass is 299 g/mol. The molecule has 0 unspecified atom stereocenters. The molecule has 22 heavy (non-hydrogen) atoms. The van der Waals surface area contributed by atoms with Crippen LogP contribution in [0.2, 0.25) is 0 Å². The van der Waals surface area contributed by atoms with Crippen LogP contribution in [0, 0.1) is 0 Å². The van der Waals surface area contributed by atoms with Crippen LogP contribution in [0.25, 0.3) is 5.69 Å². The molecule has 1 saturated carbocycles. The lowest BCUT2D eigenvalue weighted by Crippen LogP contribution is -2.36. The Balaban J connectivity index is 1.72. The molecular formula is C17H21N3O2. The van der Waals surface area contributed by atoms with Crippen LogP contribution in [-0.4, -0.2) is 26.4 Å². The molecule has 0 spiro atoms. The van der Waals surface area contributed by atoms with Crippen LogP contribution in [-0.2, 0) is 4.79 Å². The van der Waals surface area contributed by atoms with Gasteiger partial charge >= 0.3 is 0 Å². The lowest BCUT2D eigenvalue weighted by molar-refractivity contribution is -0.122. The second-order valence-corrected chi connectivity index (χ2v) is 5.98. The fourth-order valence-corrected chi connectivity index (χ4v) is 3.07. The normalized spacial score (nSPS) is 17.1. The molecule has 1 aliphatic rings.